The van der Waals surface area contributed by atoms with E-state index in [0.717, 1.165) is 11.5 Å². The Bertz CT molecular complexity index is 1250. The summed E-state index contributed by atoms with van der Waals surface area (Å²) >= 11 is 0. The standard InChI is InChI=1S/C25H24NO/c1-14(2)17-9-10-19-13-26(5)24-22-16(4)15(3)11-18-7-6-8-21(23(18)22)27-25(24)20(19)12-17/h6-14H,1-5H3/q+1. The van der Waals surface area contributed by atoms with Gasteiger partial charge in [-0.1, -0.05) is 38.1 Å². The van der Waals surface area contributed by atoms with Crippen molar-refractivity contribution in [3.05, 3.63) is 65.4 Å². The summed E-state index contributed by atoms with van der Waals surface area (Å²) < 4.78 is 8.78. The highest BCUT2D eigenvalue weighted by molar-refractivity contribution is 6.07. The Morgan fingerprint density at radius 3 is 2.56 bits per heavy atom. The molecule has 5 rings (SSSR count). The molecule has 0 spiro atoms. The van der Waals surface area contributed by atoms with E-state index in [2.05, 4.69) is 88.0 Å². The molecule has 4 aromatic rings. The molecule has 1 aromatic heterocycles. The van der Waals surface area contributed by atoms with Gasteiger partial charge in [0.25, 0.3) is 5.69 Å². The monoisotopic (exact) mass is 354 g/mol. The van der Waals surface area contributed by atoms with Crippen molar-refractivity contribution < 1.29 is 9.30 Å². The molecular weight excluding hydrogens is 330 g/mol. The van der Waals surface area contributed by atoms with Crippen molar-refractivity contribution in [1.82, 2.24) is 0 Å². The fourth-order valence-corrected chi connectivity index (χ4v) is 4.35. The Kier molecular flexibility index (Phi) is 3.36. The number of hydrogen-bond acceptors (Lipinski definition) is 1. The first-order chi connectivity index (χ1) is 13.0. The van der Waals surface area contributed by atoms with Gasteiger partial charge in [-0.2, -0.15) is 4.57 Å². The molecule has 0 aliphatic carbocycles. The summed E-state index contributed by atoms with van der Waals surface area (Å²) in [6.07, 6.45) is 2.23. The van der Waals surface area contributed by atoms with Gasteiger partial charge in [0.15, 0.2) is 6.20 Å². The Hall–Kier alpha value is -2.87. The smallest absolute Gasteiger partial charge is 0.257 e. The third kappa shape index (κ3) is 2.22. The maximum absolute atomic E-state index is 6.55. The van der Waals surface area contributed by atoms with Crippen molar-refractivity contribution in [1.29, 1.82) is 0 Å². The molecule has 0 amide bonds. The number of ether oxygens (including phenoxy) is 1. The number of nitrogens with zero attached hydrogens (tertiary/aromatic N) is 1. The molecule has 2 nitrogen and oxygen atoms in total. The van der Waals surface area contributed by atoms with E-state index in [1.54, 1.807) is 0 Å². The van der Waals surface area contributed by atoms with Crippen molar-refractivity contribution in [2.75, 3.05) is 0 Å². The van der Waals surface area contributed by atoms with Gasteiger partial charge in [-0.15, -0.1) is 0 Å². The summed E-state index contributed by atoms with van der Waals surface area (Å²) in [6, 6.07) is 15.4. The number of benzene rings is 3. The minimum absolute atomic E-state index is 0.488. The summed E-state index contributed by atoms with van der Waals surface area (Å²) in [5.74, 6) is 2.43. The van der Waals surface area contributed by atoms with E-state index < -0.39 is 0 Å². The lowest BCUT2D eigenvalue weighted by Gasteiger charge is -2.23. The third-order valence-corrected chi connectivity index (χ3v) is 5.98. The number of aryl methyl sites for hydroxylation is 2. The van der Waals surface area contributed by atoms with Crippen LogP contribution in [0.1, 0.15) is 36.5 Å². The molecule has 0 saturated carbocycles. The summed E-state index contributed by atoms with van der Waals surface area (Å²) in [5.41, 5.74) is 6.47. The van der Waals surface area contributed by atoms with Gasteiger partial charge in [0, 0.05) is 16.2 Å². The fourth-order valence-electron chi connectivity index (χ4n) is 4.35. The van der Waals surface area contributed by atoms with E-state index in [9.17, 15) is 0 Å². The summed E-state index contributed by atoms with van der Waals surface area (Å²) in [4.78, 5) is 0. The zero-order chi connectivity index (χ0) is 18.9. The second kappa shape index (κ2) is 5.56. The normalized spacial score (nSPS) is 12.5. The van der Waals surface area contributed by atoms with Crippen LogP contribution in [0.3, 0.4) is 0 Å². The van der Waals surface area contributed by atoms with E-state index in [4.69, 9.17) is 4.74 Å². The van der Waals surface area contributed by atoms with Crippen molar-refractivity contribution in [3.63, 3.8) is 0 Å². The number of fused-ring (bicyclic) bond motifs is 4. The van der Waals surface area contributed by atoms with Gasteiger partial charge in [0.1, 0.15) is 12.8 Å². The van der Waals surface area contributed by atoms with Crippen LogP contribution < -0.4 is 9.30 Å². The molecule has 0 radical (unpaired) electrons. The van der Waals surface area contributed by atoms with Gasteiger partial charge >= 0.3 is 0 Å². The topological polar surface area (TPSA) is 13.1 Å². The number of aromatic nitrogens is 1. The Morgan fingerprint density at radius 2 is 1.78 bits per heavy atom. The molecule has 134 valence electrons. The van der Waals surface area contributed by atoms with E-state index in [1.807, 2.05) is 0 Å². The number of rotatable bonds is 1. The maximum Gasteiger partial charge on any atom is 0.257 e. The van der Waals surface area contributed by atoms with Crippen LogP contribution in [0.2, 0.25) is 0 Å². The van der Waals surface area contributed by atoms with Gasteiger partial charge < -0.3 is 4.74 Å². The van der Waals surface area contributed by atoms with Crippen LogP contribution in [0.5, 0.6) is 11.5 Å². The molecule has 0 atom stereocenters. The van der Waals surface area contributed by atoms with Crippen LogP contribution in [0.25, 0.3) is 32.8 Å². The zero-order valence-corrected chi connectivity index (χ0v) is 16.6. The molecule has 3 aromatic carbocycles. The maximum atomic E-state index is 6.55. The van der Waals surface area contributed by atoms with E-state index in [1.165, 1.54) is 49.5 Å². The lowest BCUT2D eigenvalue weighted by atomic mass is 9.89. The highest BCUT2D eigenvalue weighted by Crippen LogP contribution is 2.49. The summed E-state index contributed by atoms with van der Waals surface area (Å²) in [6.45, 7) is 8.90. The predicted molar refractivity (Wildman–Crippen MR) is 112 cm³/mol. The van der Waals surface area contributed by atoms with Crippen molar-refractivity contribution >= 4 is 21.5 Å². The fraction of sp³-hybridized carbons (Fsp3) is 0.240. The van der Waals surface area contributed by atoms with Crippen LogP contribution in [0.4, 0.5) is 0 Å². The van der Waals surface area contributed by atoms with Crippen LogP contribution >= 0.6 is 0 Å². The number of pyridine rings is 1. The molecule has 0 N–H and O–H groups in total. The van der Waals surface area contributed by atoms with E-state index >= 15 is 0 Å². The van der Waals surface area contributed by atoms with Crippen LogP contribution in [0.15, 0.2) is 48.7 Å². The molecule has 2 heteroatoms. The Labute approximate surface area is 160 Å². The second-order valence-electron chi connectivity index (χ2n) is 8.07. The first-order valence-electron chi connectivity index (χ1n) is 9.63. The summed E-state index contributed by atoms with van der Waals surface area (Å²) in [7, 11) is 2.12. The van der Waals surface area contributed by atoms with E-state index in [-0.39, 0.29) is 0 Å². The molecule has 0 bridgehead atoms. The predicted octanol–water partition coefficient (Wildman–Crippen LogP) is 6.33. The average molecular weight is 354 g/mol. The van der Waals surface area contributed by atoms with E-state index in [0.29, 0.717) is 5.92 Å². The lowest BCUT2D eigenvalue weighted by molar-refractivity contribution is -0.659. The van der Waals surface area contributed by atoms with Crippen molar-refractivity contribution in [3.8, 4) is 22.8 Å². The molecule has 0 saturated heterocycles. The van der Waals surface area contributed by atoms with Gasteiger partial charge in [-0.25, -0.2) is 0 Å². The van der Waals surface area contributed by atoms with Crippen LogP contribution in [-0.4, -0.2) is 0 Å². The van der Waals surface area contributed by atoms with Gasteiger partial charge in [-0.3, -0.25) is 0 Å². The second-order valence-corrected chi connectivity index (χ2v) is 8.07. The van der Waals surface area contributed by atoms with Gasteiger partial charge in [0.05, 0.1) is 5.56 Å². The van der Waals surface area contributed by atoms with Gasteiger partial charge in [-0.05, 0) is 60.0 Å². The molecule has 0 fully saturated rings. The molecule has 1 aliphatic heterocycles. The third-order valence-electron chi connectivity index (χ3n) is 5.98. The first-order valence-corrected chi connectivity index (χ1v) is 9.63. The molecular formula is C25H24NO+. The molecule has 2 heterocycles. The average Bonchev–Trinajstić information content (AvgIpc) is 2.65. The number of hydrogen-bond donors (Lipinski definition) is 0. The largest absolute Gasteiger partial charge is 0.449 e. The molecule has 27 heavy (non-hydrogen) atoms. The van der Waals surface area contributed by atoms with Crippen LogP contribution in [0, 0.1) is 13.8 Å². The minimum Gasteiger partial charge on any atom is -0.449 e. The lowest BCUT2D eigenvalue weighted by Crippen LogP contribution is -2.32. The zero-order valence-electron chi connectivity index (χ0n) is 16.6. The van der Waals surface area contributed by atoms with Crippen molar-refractivity contribution in [2.24, 2.45) is 7.05 Å². The highest BCUT2D eigenvalue weighted by atomic mass is 16.5. The minimum atomic E-state index is 0.488. The Morgan fingerprint density at radius 1 is 0.963 bits per heavy atom. The summed E-state index contributed by atoms with van der Waals surface area (Å²) in [5, 5.41) is 4.87. The van der Waals surface area contributed by atoms with Crippen LogP contribution in [-0.2, 0) is 7.05 Å². The van der Waals surface area contributed by atoms with Gasteiger partial charge in [0.2, 0.25) is 5.75 Å². The Balaban J connectivity index is 1.97. The SMILES string of the molecule is Cc1cc2cccc3c2c(c1C)-c1c(c2cc(C(C)C)ccc2c[n+]1C)O3. The quantitative estimate of drug-likeness (QED) is 0.321. The molecule has 0 unspecified atom stereocenters. The highest BCUT2D eigenvalue weighted by Gasteiger charge is 2.31. The molecule has 1 aliphatic rings. The van der Waals surface area contributed by atoms with Crippen molar-refractivity contribution in [2.45, 2.75) is 33.6 Å². The first kappa shape index (κ1) is 16.3.